The van der Waals surface area contributed by atoms with E-state index < -0.39 is 0 Å². The molecular formula is C10H16NNaO3. The average molecular weight is 221 g/mol. The Morgan fingerprint density at radius 3 is 2.33 bits per heavy atom. The van der Waals surface area contributed by atoms with Crippen molar-refractivity contribution in [2.24, 2.45) is 0 Å². The number of rotatable bonds is 1. The van der Waals surface area contributed by atoms with Crippen LogP contribution in [0, 0.1) is 13.8 Å². The summed E-state index contributed by atoms with van der Waals surface area (Å²) in [6.07, 6.45) is 1.61. The molecule has 0 bridgehead atoms. The first-order valence-corrected chi connectivity index (χ1v) is 4.45. The maximum atomic E-state index is 11.2. The minimum Gasteiger partial charge on any atom is -0.855 e. The van der Waals surface area contributed by atoms with Gasteiger partial charge >= 0.3 is 29.6 Å². The first kappa shape index (κ1) is 17.3. The first-order chi connectivity index (χ1) is 6.58. The van der Waals surface area contributed by atoms with Crippen LogP contribution in [0.25, 0.3) is 0 Å². The third-order valence-corrected chi connectivity index (χ3v) is 1.77. The summed E-state index contributed by atoms with van der Waals surface area (Å²) in [7, 11) is 0. The molecular weight excluding hydrogens is 205 g/mol. The quantitative estimate of drug-likeness (QED) is 0.492. The molecule has 1 aromatic rings. The van der Waals surface area contributed by atoms with Crippen molar-refractivity contribution in [3.63, 3.8) is 0 Å². The minimum absolute atomic E-state index is 0. The van der Waals surface area contributed by atoms with Crippen molar-refractivity contribution in [1.82, 2.24) is 4.98 Å². The maximum Gasteiger partial charge on any atom is 1.00 e. The number of aliphatic hydroxyl groups excluding tert-OH is 1. The zero-order valence-electron chi connectivity index (χ0n) is 9.76. The van der Waals surface area contributed by atoms with Gasteiger partial charge in [-0.05, 0) is 13.8 Å². The van der Waals surface area contributed by atoms with E-state index in [1.54, 1.807) is 27.0 Å². The molecule has 0 aliphatic rings. The summed E-state index contributed by atoms with van der Waals surface area (Å²) < 4.78 is 0. The van der Waals surface area contributed by atoms with Crippen LogP contribution in [0.4, 0.5) is 0 Å². The summed E-state index contributed by atoms with van der Waals surface area (Å²) in [5.74, 6) is 0. The molecule has 15 heavy (non-hydrogen) atoms. The summed E-state index contributed by atoms with van der Waals surface area (Å²) in [5, 5.41) is 17.7. The Morgan fingerprint density at radius 2 is 1.93 bits per heavy atom. The van der Waals surface area contributed by atoms with E-state index in [1.807, 2.05) is 0 Å². The van der Waals surface area contributed by atoms with Gasteiger partial charge in [0.05, 0.1) is 6.61 Å². The molecule has 0 radical (unpaired) electrons. The van der Waals surface area contributed by atoms with Gasteiger partial charge in [-0.3, -0.25) is 4.79 Å². The van der Waals surface area contributed by atoms with E-state index in [0.717, 1.165) is 0 Å². The van der Waals surface area contributed by atoms with E-state index >= 15 is 0 Å². The summed E-state index contributed by atoms with van der Waals surface area (Å²) >= 11 is 0. The van der Waals surface area contributed by atoms with Gasteiger partial charge in [-0.25, -0.2) is 0 Å². The van der Waals surface area contributed by atoms with Gasteiger partial charge in [0.2, 0.25) is 0 Å². The van der Waals surface area contributed by atoms with E-state index in [9.17, 15) is 4.79 Å². The molecule has 4 nitrogen and oxygen atoms in total. The number of pyridine rings is 1. The van der Waals surface area contributed by atoms with Crippen LogP contribution >= 0.6 is 0 Å². The molecule has 0 spiro atoms. The van der Waals surface area contributed by atoms with Crippen LogP contribution in [-0.2, 0) is 6.61 Å². The van der Waals surface area contributed by atoms with Gasteiger partial charge in [-0.15, -0.1) is 6.61 Å². The van der Waals surface area contributed by atoms with Gasteiger partial charge < -0.3 is 15.2 Å². The number of hydrogen-bond donors (Lipinski definition) is 2. The second-order valence-corrected chi connectivity index (χ2v) is 2.85. The number of aliphatic hydroxyl groups is 1. The third-order valence-electron chi connectivity index (χ3n) is 1.77. The Morgan fingerprint density at radius 1 is 1.47 bits per heavy atom. The molecule has 0 fully saturated rings. The molecule has 0 amide bonds. The van der Waals surface area contributed by atoms with E-state index in [2.05, 4.69) is 4.98 Å². The van der Waals surface area contributed by atoms with Crippen LogP contribution in [0.2, 0.25) is 0 Å². The molecule has 0 aliphatic heterocycles. The van der Waals surface area contributed by atoms with Crippen LogP contribution in [0.3, 0.4) is 0 Å². The van der Waals surface area contributed by atoms with E-state index in [4.69, 9.17) is 10.2 Å². The third kappa shape index (κ3) is 5.49. The van der Waals surface area contributed by atoms with Crippen LogP contribution in [-0.4, -0.2) is 16.7 Å². The molecule has 0 atom stereocenters. The van der Waals surface area contributed by atoms with Crippen molar-refractivity contribution in [2.75, 3.05) is 6.61 Å². The van der Waals surface area contributed by atoms with E-state index in [-0.39, 0.29) is 48.2 Å². The zero-order chi connectivity index (χ0) is 11.1. The van der Waals surface area contributed by atoms with Crippen molar-refractivity contribution < 1.29 is 39.8 Å². The van der Waals surface area contributed by atoms with Gasteiger partial charge in [0.15, 0.2) is 5.43 Å². The number of aromatic nitrogens is 1. The van der Waals surface area contributed by atoms with Crippen molar-refractivity contribution >= 4 is 0 Å². The Hall–Kier alpha value is -0.130. The standard InChI is InChI=1S/C8H11NO2.C2H5O.Na/c1-5-3-9-7(4-10)6(2)8(5)11;1-2-3;/h3,10H,4H2,1-2H3,(H,9,11);2H2,1H3;/q;-1;+1. The maximum absolute atomic E-state index is 11.2. The molecule has 5 heteroatoms. The van der Waals surface area contributed by atoms with Crippen LogP contribution in [0.5, 0.6) is 0 Å². The summed E-state index contributed by atoms with van der Waals surface area (Å²) in [6.45, 7) is 4.91. The largest absolute Gasteiger partial charge is 1.00 e. The SMILES string of the molecule is CC[O-].Cc1c[nH]c(CO)c(C)c1=O.[Na+]. The van der Waals surface area contributed by atoms with Crippen molar-refractivity contribution in [2.45, 2.75) is 27.4 Å². The second kappa shape index (κ2) is 9.12. The Balaban J connectivity index is 0. The predicted octanol–water partition coefficient (Wildman–Crippen LogP) is -3.15. The molecule has 80 valence electrons. The van der Waals surface area contributed by atoms with Crippen LogP contribution in [0.1, 0.15) is 23.7 Å². The number of H-pyrrole nitrogens is 1. The average Bonchev–Trinajstić information content (AvgIpc) is 2.16. The minimum atomic E-state index is -0.110. The summed E-state index contributed by atoms with van der Waals surface area (Å²) in [4.78, 5) is 14.1. The number of aryl methyl sites for hydroxylation is 1. The predicted molar refractivity (Wildman–Crippen MR) is 53.0 cm³/mol. The van der Waals surface area contributed by atoms with E-state index in [0.29, 0.717) is 16.8 Å². The second-order valence-electron chi connectivity index (χ2n) is 2.85. The monoisotopic (exact) mass is 221 g/mol. The fourth-order valence-electron chi connectivity index (χ4n) is 0.966. The number of hydrogen-bond acceptors (Lipinski definition) is 3. The summed E-state index contributed by atoms with van der Waals surface area (Å²) in [6, 6.07) is 0. The van der Waals surface area contributed by atoms with Crippen molar-refractivity contribution in [3.05, 3.63) is 33.2 Å². The van der Waals surface area contributed by atoms with E-state index in [1.165, 1.54) is 0 Å². The number of aromatic amines is 1. The topological polar surface area (TPSA) is 76.2 Å². The Bertz CT molecular complexity index is 336. The molecule has 1 heterocycles. The van der Waals surface area contributed by atoms with Crippen LogP contribution in [0.15, 0.2) is 11.0 Å². The van der Waals surface area contributed by atoms with Gasteiger partial charge in [0.25, 0.3) is 0 Å². The number of nitrogens with one attached hydrogen (secondary N) is 1. The smallest absolute Gasteiger partial charge is 0.855 e. The van der Waals surface area contributed by atoms with Crippen molar-refractivity contribution in [3.8, 4) is 0 Å². The molecule has 1 aromatic heterocycles. The molecule has 0 saturated heterocycles. The molecule has 0 aromatic carbocycles. The Kier molecular flexibility index (Phi) is 10.5. The van der Waals surface area contributed by atoms with Crippen molar-refractivity contribution in [1.29, 1.82) is 0 Å². The fourth-order valence-corrected chi connectivity index (χ4v) is 0.966. The molecule has 1 rings (SSSR count). The van der Waals surface area contributed by atoms with Gasteiger partial charge in [-0.1, -0.05) is 6.92 Å². The Labute approximate surface area is 112 Å². The fraction of sp³-hybridized carbons (Fsp3) is 0.500. The first-order valence-electron chi connectivity index (χ1n) is 4.45. The summed E-state index contributed by atoms with van der Waals surface area (Å²) in [5.41, 5.74) is 1.89. The van der Waals surface area contributed by atoms with Gasteiger partial charge in [0.1, 0.15) is 0 Å². The molecule has 2 N–H and O–H groups in total. The zero-order valence-corrected chi connectivity index (χ0v) is 11.8. The molecule has 0 saturated carbocycles. The van der Waals surface area contributed by atoms with Crippen LogP contribution < -0.4 is 40.1 Å². The molecule has 0 aliphatic carbocycles. The normalized spacial score (nSPS) is 8.60. The van der Waals surface area contributed by atoms with Gasteiger partial charge in [-0.2, -0.15) is 0 Å². The van der Waals surface area contributed by atoms with Gasteiger partial charge in [0, 0.05) is 23.0 Å². The molecule has 0 unspecified atom stereocenters.